The number of benzene rings is 2. The Morgan fingerprint density at radius 2 is 1.90 bits per heavy atom. The average Bonchev–Trinajstić information content (AvgIpc) is 2.82. The highest BCUT2D eigenvalue weighted by molar-refractivity contribution is 6.04. The van der Waals surface area contributed by atoms with Crippen LogP contribution in [0.15, 0.2) is 53.3 Å². The van der Waals surface area contributed by atoms with Crippen LogP contribution in [0.5, 0.6) is 0 Å². The van der Waals surface area contributed by atoms with Crippen LogP contribution in [0.4, 0.5) is 11.4 Å². The number of carbonyl (C=O) groups is 2. The van der Waals surface area contributed by atoms with E-state index < -0.39 is 0 Å². The van der Waals surface area contributed by atoms with Crippen LogP contribution in [0.25, 0.3) is 10.9 Å². The minimum Gasteiger partial charge on any atom is -0.324 e. The Morgan fingerprint density at radius 1 is 1.17 bits per heavy atom. The van der Waals surface area contributed by atoms with Crippen LogP contribution in [-0.4, -0.2) is 46.3 Å². The third-order valence-corrected chi connectivity index (χ3v) is 5.11. The van der Waals surface area contributed by atoms with Gasteiger partial charge in [0.2, 0.25) is 11.8 Å². The van der Waals surface area contributed by atoms with Crippen molar-refractivity contribution in [3.8, 4) is 0 Å². The molecule has 3 aromatic rings. The second-order valence-corrected chi connectivity index (χ2v) is 7.58. The topological polar surface area (TPSA) is 98.4 Å². The number of hydrogen-bond acceptors (Lipinski definition) is 5. The summed E-state index contributed by atoms with van der Waals surface area (Å²) in [5.41, 5.74) is 1.74. The van der Waals surface area contributed by atoms with Crippen molar-refractivity contribution in [2.45, 2.75) is 25.9 Å². The second kappa shape index (κ2) is 8.08. The van der Waals surface area contributed by atoms with Crippen molar-refractivity contribution in [1.82, 2.24) is 14.9 Å². The first-order valence-electron chi connectivity index (χ1n) is 9.80. The van der Waals surface area contributed by atoms with Gasteiger partial charge in [0.1, 0.15) is 5.82 Å². The molecule has 0 radical (unpaired) electrons. The molecule has 4 rings (SSSR count). The van der Waals surface area contributed by atoms with E-state index in [0.29, 0.717) is 34.6 Å². The van der Waals surface area contributed by atoms with Crippen molar-refractivity contribution in [2.24, 2.45) is 0 Å². The zero-order valence-corrected chi connectivity index (χ0v) is 16.9. The standard InChI is InChI=1S/C22H23N5O3/c1-14-11-20(28)24-17-9-5-6-10-18(17)27(14)21(29)13-26(2)12-19-23-16-8-4-3-7-15(16)22(30)25-19/h3-10,14H,11-13H2,1-2H3,(H,24,28)(H,23,25,30)/t14-/m0/s1. The van der Waals surface area contributed by atoms with Crippen LogP contribution in [0.1, 0.15) is 19.2 Å². The Balaban J connectivity index is 1.53. The van der Waals surface area contributed by atoms with E-state index in [2.05, 4.69) is 15.3 Å². The summed E-state index contributed by atoms with van der Waals surface area (Å²) >= 11 is 0. The van der Waals surface area contributed by atoms with E-state index >= 15 is 0 Å². The molecular weight excluding hydrogens is 382 g/mol. The second-order valence-electron chi connectivity index (χ2n) is 7.58. The molecule has 0 unspecified atom stereocenters. The van der Waals surface area contributed by atoms with E-state index in [1.54, 1.807) is 41.1 Å². The molecule has 1 atom stereocenters. The van der Waals surface area contributed by atoms with Crippen LogP contribution in [0.2, 0.25) is 0 Å². The van der Waals surface area contributed by atoms with Crippen molar-refractivity contribution in [2.75, 3.05) is 23.8 Å². The third kappa shape index (κ3) is 3.95. The zero-order chi connectivity index (χ0) is 21.3. The highest BCUT2D eigenvalue weighted by Gasteiger charge is 2.29. The average molecular weight is 405 g/mol. The minimum atomic E-state index is -0.270. The zero-order valence-electron chi connectivity index (χ0n) is 16.9. The quantitative estimate of drug-likeness (QED) is 0.693. The molecule has 2 amide bonds. The SMILES string of the molecule is C[C@H]1CC(=O)Nc2ccccc2N1C(=O)CN(C)Cc1nc2ccccc2c(=O)[nH]1. The lowest BCUT2D eigenvalue weighted by Gasteiger charge is -2.29. The lowest BCUT2D eigenvalue weighted by atomic mass is 10.1. The largest absolute Gasteiger partial charge is 0.324 e. The van der Waals surface area contributed by atoms with E-state index in [0.717, 1.165) is 0 Å². The van der Waals surface area contributed by atoms with Crippen LogP contribution >= 0.6 is 0 Å². The van der Waals surface area contributed by atoms with Crippen molar-refractivity contribution in [3.63, 3.8) is 0 Å². The first-order chi connectivity index (χ1) is 14.4. The number of para-hydroxylation sites is 3. The maximum absolute atomic E-state index is 13.2. The number of nitrogens with zero attached hydrogens (tertiary/aromatic N) is 3. The number of likely N-dealkylation sites (N-methyl/N-ethyl adjacent to an activating group) is 1. The molecule has 30 heavy (non-hydrogen) atoms. The Kier molecular flexibility index (Phi) is 5.33. The van der Waals surface area contributed by atoms with Crippen LogP contribution in [0.3, 0.4) is 0 Å². The van der Waals surface area contributed by atoms with Crippen molar-refractivity contribution in [3.05, 3.63) is 64.7 Å². The summed E-state index contributed by atoms with van der Waals surface area (Å²) in [7, 11) is 1.80. The molecule has 8 heteroatoms. The third-order valence-electron chi connectivity index (χ3n) is 5.11. The molecule has 0 saturated carbocycles. The number of carbonyl (C=O) groups excluding carboxylic acids is 2. The normalized spacial score (nSPS) is 16.3. The number of fused-ring (bicyclic) bond motifs is 2. The highest BCUT2D eigenvalue weighted by atomic mass is 16.2. The molecule has 0 saturated heterocycles. The number of amides is 2. The molecule has 2 N–H and O–H groups in total. The summed E-state index contributed by atoms with van der Waals surface area (Å²) in [4.78, 5) is 48.3. The molecule has 0 aliphatic carbocycles. The molecule has 1 aliphatic rings. The van der Waals surface area contributed by atoms with E-state index in [1.165, 1.54) is 0 Å². The van der Waals surface area contributed by atoms with Gasteiger partial charge in [0, 0.05) is 12.5 Å². The van der Waals surface area contributed by atoms with Crippen molar-refractivity contribution < 1.29 is 9.59 Å². The van der Waals surface area contributed by atoms with Crippen LogP contribution < -0.4 is 15.8 Å². The molecular formula is C22H23N5O3. The van der Waals surface area contributed by atoms with Gasteiger partial charge in [-0.2, -0.15) is 0 Å². The van der Waals surface area contributed by atoms with Gasteiger partial charge in [-0.3, -0.25) is 19.3 Å². The number of aromatic nitrogens is 2. The van der Waals surface area contributed by atoms with E-state index in [9.17, 15) is 14.4 Å². The number of aromatic amines is 1. The highest BCUT2D eigenvalue weighted by Crippen LogP contribution is 2.31. The van der Waals surface area contributed by atoms with Crippen molar-refractivity contribution >= 4 is 34.1 Å². The van der Waals surface area contributed by atoms with Crippen molar-refractivity contribution in [1.29, 1.82) is 0 Å². The predicted molar refractivity (Wildman–Crippen MR) is 115 cm³/mol. The fourth-order valence-corrected chi connectivity index (χ4v) is 3.80. The molecule has 1 aromatic heterocycles. The summed E-state index contributed by atoms with van der Waals surface area (Å²) in [6, 6.07) is 14.2. The Morgan fingerprint density at radius 3 is 2.73 bits per heavy atom. The number of nitrogens with one attached hydrogen (secondary N) is 2. The first kappa shape index (κ1) is 19.8. The van der Waals surface area contributed by atoms with Gasteiger partial charge in [0.05, 0.1) is 35.4 Å². The Bertz CT molecular complexity index is 1170. The monoisotopic (exact) mass is 405 g/mol. The van der Waals surface area contributed by atoms with Gasteiger partial charge in [0.25, 0.3) is 5.56 Å². The van der Waals surface area contributed by atoms with Gasteiger partial charge in [-0.25, -0.2) is 4.98 Å². The summed E-state index contributed by atoms with van der Waals surface area (Å²) in [5.74, 6) is 0.254. The maximum atomic E-state index is 13.2. The number of H-pyrrole nitrogens is 1. The number of rotatable bonds is 4. The molecule has 2 heterocycles. The van der Waals surface area contributed by atoms with E-state index in [-0.39, 0.29) is 36.4 Å². The summed E-state index contributed by atoms with van der Waals surface area (Å²) < 4.78 is 0. The Hall–Kier alpha value is -3.52. The maximum Gasteiger partial charge on any atom is 0.258 e. The molecule has 154 valence electrons. The van der Waals surface area contributed by atoms with Gasteiger partial charge in [-0.1, -0.05) is 24.3 Å². The summed E-state index contributed by atoms with van der Waals surface area (Å²) in [6.45, 7) is 2.29. The van der Waals surface area contributed by atoms with Crippen LogP contribution in [-0.2, 0) is 16.1 Å². The molecule has 0 fully saturated rings. The fourth-order valence-electron chi connectivity index (χ4n) is 3.80. The number of anilines is 2. The predicted octanol–water partition coefficient (Wildman–Crippen LogP) is 2.12. The Labute approximate surface area is 173 Å². The van der Waals surface area contributed by atoms with Gasteiger partial charge in [-0.05, 0) is 38.2 Å². The van der Waals surface area contributed by atoms with Gasteiger partial charge < -0.3 is 15.2 Å². The molecule has 2 aromatic carbocycles. The van der Waals surface area contributed by atoms with E-state index in [4.69, 9.17) is 0 Å². The summed E-state index contributed by atoms with van der Waals surface area (Å²) in [6.07, 6.45) is 0.226. The smallest absolute Gasteiger partial charge is 0.258 e. The lowest BCUT2D eigenvalue weighted by Crippen LogP contribution is -2.44. The molecule has 8 nitrogen and oxygen atoms in total. The van der Waals surface area contributed by atoms with Crippen LogP contribution in [0, 0.1) is 0 Å². The fraction of sp³-hybridized carbons (Fsp3) is 0.273. The lowest BCUT2D eigenvalue weighted by molar-refractivity contribution is -0.120. The van der Waals surface area contributed by atoms with Gasteiger partial charge in [0.15, 0.2) is 0 Å². The first-order valence-corrected chi connectivity index (χ1v) is 9.80. The molecule has 0 bridgehead atoms. The van der Waals surface area contributed by atoms with Gasteiger partial charge >= 0.3 is 0 Å². The summed E-state index contributed by atoms with van der Waals surface area (Å²) in [5, 5.41) is 3.39. The molecule has 0 spiro atoms. The number of hydrogen-bond donors (Lipinski definition) is 2. The van der Waals surface area contributed by atoms with E-state index in [1.807, 2.05) is 31.2 Å². The molecule has 1 aliphatic heterocycles. The minimum absolute atomic E-state index is 0.114. The van der Waals surface area contributed by atoms with Gasteiger partial charge in [-0.15, -0.1) is 0 Å².